The Morgan fingerprint density at radius 2 is 2.27 bits per heavy atom. The number of aliphatic carboxylic acids is 1. The summed E-state index contributed by atoms with van der Waals surface area (Å²) in [4.78, 5) is 23.6. The number of carbonyl (C=O) groups excluding carboxylic acids is 1. The Balaban J connectivity index is 3.50. The molecule has 15 heavy (non-hydrogen) atoms. The first kappa shape index (κ1) is 13.2. The average Bonchev–Trinajstić information content (AvgIpc) is 2.20. The Kier molecular flexibility index (Phi) is 6.69. The van der Waals surface area contributed by atoms with E-state index in [2.05, 4.69) is 15.3 Å². The van der Waals surface area contributed by atoms with Crippen molar-refractivity contribution in [1.82, 2.24) is 5.32 Å². The zero-order valence-electron chi connectivity index (χ0n) is 8.09. The molecule has 1 atom stereocenters. The summed E-state index contributed by atoms with van der Waals surface area (Å²) in [6.07, 6.45) is 0.757. The van der Waals surface area contributed by atoms with Crippen LogP contribution in [0.1, 0.15) is 12.8 Å². The molecule has 0 aliphatic rings. The van der Waals surface area contributed by atoms with Gasteiger partial charge in [0.25, 0.3) is 0 Å². The van der Waals surface area contributed by atoms with Gasteiger partial charge in [0.1, 0.15) is 12.6 Å². The van der Waals surface area contributed by atoms with Crippen molar-refractivity contribution in [3.63, 3.8) is 0 Å². The predicted octanol–water partition coefficient (Wildman–Crippen LogP) is -0.395. The van der Waals surface area contributed by atoms with Gasteiger partial charge >= 0.3 is 5.97 Å². The third-order valence-electron chi connectivity index (χ3n) is 1.61. The maximum Gasteiger partial charge on any atom is 0.320 e. The Bertz CT molecular complexity index is 274. The number of hydrogen-bond acceptors (Lipinski definition) is 4. The Labute approximate surface area is 86.1 Å². The molecule has 4 N–H and O–H groups in total. The van der Waals surface area contributed by atoms with Crippen molar-refractivity contribution in [3.05, 3.63) is 10.4 Å². The van der Waals surface area contributed by atoms with Gasteiger partial charge in [-0.15, -0.1) is 0 Å². The van der Waals surface area contributed by atoms with E-state index in [0.717, 1.165) is 0 Å². The smallest absolute Gasteiger partial charge is 0.320 e. The first-order chi connectivity index (χ1) is 7.07. The van der Waals surface area contributed by atoms with Gasteiger partial charge in [0.05, 0.1) is 0 Å². The number of rotatable bonds is 7. The largest absolute Gasteiger partial charge is 0.480 e. The molecule has 0 aliphatic heterocycles. The summed E-state index contributed by atoms with van der Waals surface area (Å²) >= 11 is 0. The molecule has 8 nitrogen and oxygen atoms in total. The molecule has 1 unspecified atom stereocenters. The van der Waals surface area contributed by atoms with Crippen molar-refractivity contribution in [3.8, 4) is 0 Å². The van der Waals surface area contributed by atoms with Crippen LogP contribution in [0.4, 0.5) is 0 Å². The van der Waals surface area contributed by atoms with E-state index >= 15 is 0 Å². The zero-order chi connectivity index (χ0) is 11.7. The number of azide groups is 1. The first-order valence-corrected chi connectivity index (χ1v) is 4.34. The van der Waals surface area contributed by atoms with Crippen LogP contribution in [0.25, 0.3) is 10.4 Å². The monoisotopic (exact) mass is 215 g/mol. The van der Waals surface area contributed by atoms with E-state index < -0.39 is 17.9 Å². The maximum atomic E-state index is 10.9. The minimum atomic E-state index is -1.06. The van der Waals surface area contributed by atoms with E-state index in [0.29, 0.717) is 13.0 Å². The van der Waals surface area contributed by atoms with Crippen LogP contribution in [0.3, 0.4) is 0 Å². The molecule has 0 heterocycles. The molecule has 0 bridgehead atoms. The van der Waals surface area contributed by atoms with E-state index in [1.54, 1.807) is 0 Å². The number of amides is 1. The lowest BCUT2D eigenvalue weighted by atomic mass is 10.2. The zero-order valence-corrected chi connectivity index (χ0v) is 8.09. The molecule has 0 fully saturated rings. The second kappa shape index (κ2) is 7.60. The molecule has 0 saturated heterocycles. The molecule has 0 spiro atoms. The van der Waals surface area contributed by atoms with Crippen LogP contribution in [-0.4, -0.2) is 36.1 Å². The third-order valence-corrected chi connectivity index (χ3v) is 1.61. The first-order valence-electron chi connectivity index (χ1n) is 4.34. The SMILES string of the molecule is [N-]=[N+]=NCC(=O)NCCCC(N)C(=O)O. The molecular formula is C7H13N5O3. The molecule has 0 aromatic heterocycles. The molecule has 1 amide bonds. The maximum absolute atomic E-state index is 10.9. The van der Waals surface area contributed by atoms with Crippen LogP contribution < -0.4 is 11.1 Å². The van der Waals surface area contributed by atoms with Gasteiger partial charge in [-0.2, -0.15) is 0 Å². The van der Waals surface area contributed by atoms with Crippen molar-refractivity contribution in [2.45, 2.75) is 18.9 Å². The molecule has 0 saturated carbocycles. The lowest BCUT2D eigenvalue weighted by Gasteiger charge is -2.06. The van der Waals surface area contributed by atoms with Crippen LogP contribution in [0, 0.1) is 0 Å². The highest BCUT2D eigenvalue weighted by molar-refractivity contribution is 5.78. The molecule has 0 aromatic rings. The number of nitrogens with one attached hydrogen (secondary N) is 1. The van der Waals surface area contributed by atoms with E-state index in [9.17, 15) is 9.59 Å². The molecular weight excluding hydrogens is 202 g/mol. The molecule has 0 aliphatic carbocycles. The number of carboxylic acid groups (broad SMARTS) is 1. The summed E-state index contributed by atoms with van der Waals surface area (Å²) in [7, 11) is 0. The number of carboxylic acids is 1. The third kappa shape index (κ3) is 7.29. The summed E-state index contributed by atoms with van der Waals surface area (Å²) in [5.41, 5.74) is 13.2. The normalized spacial score (nSPS) is 11.3. The Hall–Kier alpha value is -1.79. The molecule has 84 valence electrons. The summed E-state index contributed by atoms with van der Waals surface area (Å²) in [5.74, 6) is -1.45. The Morgan fingerprint density at radius 3 is 2.80 bits per heavy atom. The lowest BCUT2D eigenvalue weighted by molar-refractivity contribution is -0.138. The van der Waals surface area contributed by atoms with Crippen LogP contribution in [0.5, 0.6) is 0 Å². The highest BCUT2D eigenvalue weighted by Gasteiger charge is 2.10. The van der Waals surface area contributed by atoms with Gasteiger partial charge in [0, 0.05) is 11.5 Å². The van der Waals surface area contributed by atoms with Crippen molar-refractivity contribution >= 4 is 11.9 Å². The fourth-order valence-corrected chi connectivity index (χ4v) is 0.825. The van der Waals surface area contributed by atoms with Gasteiger partial charge in [-0.25, -0.2) is 0 Å². The van der Waals surface area contributed by atoms with E-state index in [1.807, 2.05) is 0 Å². The van der Waals surface area contributed by atoms with E-state index in [-0.39, 0.29) is 13.0 Å². The minimum Gasteiger partial charge on any atom is -0.480 e. The number of nitrogens with zero attached hydrogens (tertiary/aromatic N) is 3. The van der Waals surface area contributed by atoms with Crippen LogP contribution in [0.15, 0.2) is 5.11 Å². The fourth-order valence-electron chi connectivity index (χ4n) is 0.825. The topological polar surface area (TPSA) is 141 Å². The van der Waals surface area contributed by atoms with Crippen molar-refractivity contribution < 1.29 is 14.7 Å². The summed E-state index contributed by atoms with van der Waals surface area (Å²) in [5, 5.41) is 14.0. The quantitative estimate of drug-likeness (QED) is 0.230. The van der Waals surface area contributed by atoms with Crippen molar-refractivity contribution in [1.29, 1.82) is 0 Å². The summed E-state index contributed by atoms with van der Waals surface area (Å²) in [6.45, 7) is 0.0717. The number of carbonyl (C=O) groups is 2. The van der Waals surface area contributed by atoms with E-state index in [1.165, 1.54) is 0 Å². The van der Waals surface area contributed by atoms with Crippen molar-refractivity contribution in [2.24, 2.45) is 10.8 Å². The van der Waals surface area contributed by atoms with Gasteiger partial charge in [-0.05, 0) is 18.4 Å². The molecule has 8 heteroatoms. The van der Waals surface area contributed by atoms with Crippen LogP contribution in [-0.2, 0) is 9.59 Å². The molecule has 0 aromatic carbocycles. The van der Waals surface area contributed by atoms with Crippen LogP contribution in [0.2, 0.25) is 0 Å². The minimum absolute atomic E-state index is 0.249. The standard InChI is InChI=1S/C7H13N5O3/c8-5(7(14)15)2-1-3-10-6(13)4-11-12-9/h5H,1-4,8H2,(H,10,13)(H,14,15). The summed E-state index contributed by atoms with van der Waals surface area (Å²) in [6, 6.07) is -0.904. The highest BCUT2D eigenvalue weighted by atomic mass is 16.4. The highest BCUT2D eigenvalue weighted by Crippen LogP contribution is 1.92. The van der Waals surface area contributed by atoms with E-state index in [4.69, 9.17) is 16.4 Å². The number of nitrogens with two attached hydrogens (primary N) is 1. The molecule has 0 rings (SSSR count). The summed E-state index contributed by atoms with van der Waals surface area (Å²) < 4.78 is 0. The number of hydrogen-bond donors (Lipinski definition) is 3. The lowest BCUT2D eigenvalue weighted by Crippen LogP contribution is -2.32. The second-order valence-electron chi connectivity index (χ2n) is 2.83. The van der Waals surface area contributed by atoms with Gasteiger partial charge in [0.2, 0.25) is 5.91 Å². The van der Waals surface area contributed by atoms with Gasteiger partial charge < -0.3 is 16.2 Å². The average molecular weight is 215 g/mol. The second-order valence-corrected chi connectivity index (χ2v) is 2.83. The van der Waals surface area contributed by atoms with Crippen LogP contribution >= 0.6 is 0 Å². The fraction of sp³-hybridized carbons (Fsp3) is 0.714. The predicted molar refractivity (Wildman–Crippen MR) is 51.9 cm³/mol. The Morgan fingerprint density at radius 1 is 1.60 bits per heavy atom. The van der Waals surface area contributed by atoms with Crippen molar-refractivity contribution in [2.75, 3.05) is 13.1 Å². The van der Waals surface area contributed by atoms with Gasteiger partial charge in [-0.3, -0.25) is 9.59 Å². The van der Waals surface area contributed by atoms with Gasteiger partial charge in [0.15, 0.2) is 0 Å². The molecule has 0 radical (unpaired) electrons. The van der Waals surface area contributed by atoms with Gasteiger partial charge in [-0.1, -0.05) is 5.11 Å².